The second-order valence-electron chi connectivity index (χ2n) is 1.34. The van der Waals surface area contributed by atoms with E-state index in [2.05, 4.69) is 11.8 Å². The lowest BCUT2D eigenvalue weighted by atomic mass is 10.8. The van der Waals surface area contributed by atoms with Gasteiger partial charge in [-0.1, -0.05) is 0 Å². The molecule has 0 aromatic rings. The molecule has 1 nitrogen and oxygen atoms in total. The minimum Gasteiger partial charge on any atom is -0.301 e. The molecule has 29 valence electrons. The highest BCUT2D eigenvalue weighted by molar-refractivity contribution is 4.71. The van der Waals surface area contributed by atoms with Crippen LogP contribution >= 0.6 is 0 Å². The highest BCUT2D eigenvalue weighted by atomic mass is 15.2. The van der Waals surface area contributed by atoms with Crippen molar-refractivity contribution in [3.8, 4) is 0 Å². The molecule has 5 heavy (non-hydrogen) atoms. The van der Waals surface area contributed by atoms with Crippen molar-refractivity contribution in [2.24, 2.45) is 0 Å². The van der Waals surface area contributed by atoms with Gasteiger partial charge in [0.25, 0.3) is 0 Å². The first kappa shape index (κ1) is 3.16. The second-order valence-corrected chi connectivity index (χ2v) is 1.34. The smallest absolute Gasteiger partial charge is 0.0110 e. The van der Waals surface area contributed by atoms with E-state index in [0.29, 0.717) is 0 Å². The van der Waals surface area contributed by atoms with Crippen LogP contribution in [-0.2, 0) is 0 Å². The van der Waals surface area contributed by atoms with Crippen LogP contribution in [-0.4, -0.2) is 24.5 Å². The molecule has 0 saturated carbocycles. The summed E-state index contributed by atoms with van der Waals surface area (Å²) in [7, 11) is 0. The summed E-state index contributed by atoms with van der Waals surface area (Å²) in [5.41, 5.74) is 0. The molecule has 1 saturated heterocycles. The fourth-order valence-corrected chi connectivity index (χ4v) is 0.294. The first-order valence-electron chi connectivity index (χ1n) is 1.95. The molecule has 1 aliphatic rings. The van der Waals surface area contributed by atoms with Gasteiger partial charge < -0.3 is 4.90 Å². The molecular weight excluding hydrogens is 62.1 g/mol. The van der Waals surface area contributed by atoms with Crippen molar-refractivity contribution in [3.05, 3.63) is 6.92 Å². The molecule has 0 aromatic heterocycles. The van der Waals surface area contributed by atoms with Gasteiger partial charge in [-0.15, -0.1) is 0 Å². The first-order valence-corrected chi connectivity index (χ1v) is 1.95. The predicted octanol–water partition coefficient (Wildman–Crippen LogP) is 0.136. The van der Waals surface area contributed by atoms with Crippen LogP contribution in [0.4, 0.5) is 0 Å². The maximum atomic E-state index is 3.67. The Morgan fingerprint density at radius 3 is 2.20 bits per heavy atom. The molecule has 0 aliphatic carbocycles. The van der Waals surface area contributed by atoms with E-state index in [1.165, 1.54) is 13.1 Å². The Kier molecular flexibility index (Phi) is 0.618. The van der Waals surface area contributed by atoms with E-state index in [-0.39, 0.29) is 0 Å². The molecule has 0 amide bonds. The maximum absolute atomic E-state index is 3.67. The molecule has 1 heteroatoms. The van der Waals surface area contributed by atoms with Crippen molar-refractivity contribution in [3.63, 3.8) is 0 Å². The van der Waals surface area contributed by atoms with Crippen LogP contribution in [0.2, 0.25) is 0 Å². The van der Waals surface area contributed by atoms with Crippen molar-refractivity contribution in [1.82, 2.24) is 4.90 Å². The van der Waals surface area contributed by atoms with Crippen LogP contribution < -0.4 is 0 Å². The highest BCUT2D eigenvalue weighted by Crippen LogP contribution is 1.98. The Hall–Kier alpha value is -0.0400. The summed E-state index contributed by atoms with van der Waals surface area (Å²) in [5, 5.41) is 0. The van der Waals surface area contributed by atoms with E-state index in [4.69, 9.17) is 0 Å². The summed E-state index contributed by atoms with van der Waals surface area (Å²) < 4.78 is 0. The van der Waals surface area contributed by atoms with Crippen LogP contribution in [0, 0.1) is 6.92 Å². The molecule has 1 rings (SSSR count). The lowest BCUT2D eigenvalue weighted by Gasteiger charge is -1.81. The molecule has 0 bridgehead atoms. The standard InChI is InChI=1S/C4H8N/c1-2-5-3-4-5/h1-4H2. The Balaban J connectivity index is 2.00. The zero-order valence-electron chi connectivity index (χ0n) is 3.28. The van der Waals surface area contributed by atoms with Gasteiger partial charge in [0.1, 0.15) is 0 Å². The van der Waals surface area contributed by atoms with Crippen molar-refractivity contribution < 1.29 is 0 Å². The summed E-state index contributed by atoms with van der Waals surface area (Å²) in [5.74, 6) is 0. The zero-order valence-corrected chi connectivity index (χ0v) is 3.28. The summed E-state index contributed by atoms with van der Waals surface area (Å²) >= 11 is 0. The third kappa shape index (κ3) is 0.618. The topological polar surface area (TPSA) is 3.01 Å². The van der Waals surface area contributed by atoms with E-state index < -0.39 is 0 Å². The Bertz CT molecular complexity index is 30.6. The predicted molar refractivity (Wildman–Crippen MR) is 21.8 cm³/mol. The first-order chi connectivity index (χ1) is 2.43. The SMILES string of the molecule is [CH2]CN1CC1. The lowest BCUT2D eigenvalue weighted by molar-refractivity contribution is 0.627. The van der Waals surface area contributed by atoms with Gasteiger partial charge >= 0.3 is 0 Å². The van der Waals surface area contributed by atoms with Crippen LogP contribution in [0.25, 0.3) is 0 Å². The van der Waals surface area contributed by atoms with Crippen molar-refractivity contribution >= 4 is 0 Å². The summed E-state index contributed by atoms with van der Waals surface area (Å²) in [6, 6.07) is 0. The molecular formula is C4H8N. The summed E-state index contributed by atoms with van der Waals surface area (Å²) in [4.78, 5) is 2.26. The average molecular weight is 70.1 g/mol. The van der Waals surface area contributed by atoms with Gasteiger partial charge in [0.2, 0.25) is 0 Å². The maximum Gasteiger partial charge on any atom is 0.0110 e. The lowest BCUT2D eigenvalue weighted by Crippen LogP contribution is -1.90. The Labute approximate surface area is 32.6 Å². The minimum absolute atomic E-state index is 1.00. The van der Waals surface area contributed by atoms with E-state index in [1.54, 1.807) is 0 Å². The molecule has 0 spiro atoms. The average Bonchev–Trinajstić information content (AvgIpc) is 2.12. The van der Waals surface area contributed by atoms with Gasteiger partial charge in [-0.3, -0.25) is 0 Å². The Morgan fingerprint density at radius 1 is 1.60 bits per heavy atom. The third-order valence-corrected chi connectivity index (χ3v) is 0.856. The largest absolute Gasteiger partial charge is 0.301 e. The van der Waals surface area contributed by atoms with Crippen LogP contribution in [0.5, 0.6) is 0 Å². The molecule has 1 aliphatic heterocycles. The third-order valence-electron chi connectivity index (χ3n) is 0.856. The van der Waals surface area contributed by atoms with Crippen LogP contribution in [0.1, 0.15) is 0 Å². The molecule has 0 aromatic carbocycles. The second kappa shape index (κ2) is 0.977. The van der Waals surface area contributed by atoms with Crippen LogP contribution in [0.15, 0.2) is 0 Å². The number of nitrogens with zero attached hydrogens (tertiary/aromatic N) is 1. The van der Waals surface area contributed by atoms with Gasteiger partial charge in [-0.05, 0) is 13.5 Å². The quantitative estimate of drug-likeness (QED) is 0.396. The van der Waals surface area contributed by atoms with Crippen molar-refractivity contribution in [1.29, 1.82) is 0 Å². The van der Waals surface area contributed by atoms with E-state index >= 15 is 0 Å². The monoisotopic (exact) mass is 70.1 g/mol. The molecule has 1 fully saturated rings. The van der Waals surface area contributed by atoms with E-state index in [9.17, 15) is 0 Å². The van der Waals surface area contributed by atoms with Crippen molar-refractivity contribution in [2.75, 3.05) is 19.6 Å². The fourth-order valence-electron chi connectivity index (χ4n) is 0.294. The van der Waals surface area contributed by atoms with Gasteiger partial charge in [-0.2, -0.15) is 0 Å². The van der Waals surface area contributed by atoms with E-state index in [0.717, 1.165) is 6.54 Å². The van der Waals surface area contributed by atoms with Gasteiger partial charge in [0.05, 0.1) is 0 Å². The molecule has 1 radical (unpaired) electrons. The van der Waals surface area contributed by atoms with Gasteiger partial charge in [0, 0.05) is 13.1 Å². The van der Waals surface area contributed by atoms with Gasteiger partial charge in [-0.25, -0.2) is 0 Å². The van der Waals surface area contributed by atoms with Crippen molar-refractivity contribution in [2.45, 2.75) is 0 Å². The summed E-state index contributed by atoms with van der Waals surface area (Å²) in [6.45, 7) is 7.24. The summed E-state index contributed by atoms with van der Waals surface area (Å²) in [6.07, 6.45) is 0. The number of rotatable bonds is 1. The fraction of sp³-hybridized carbons (Fsp3) is 0.750. The normalized spacial score (nSPS) is 23.4. The van der Waals surface area contributed by atoms with Gasteiger partial charge in [0.15, 0.2) is 0 Å². The molecule has 0 unspecified atom stereocenters. The molecule has 1 heterocycles. The Morgan fingerprint density at radius 2 is 2.20 bits per heavy atom. The zero-order chi connectivity index (χ0) is 3.70. The van der Waals surface area contributed by atoms with Crippen LogP contribution in [0.3, 0.4) is 0 Å². The number of hydrogen-bond acceptors (Lipinski definition) is 1. The molecule has 0 N–H and O–H groups in total. The molecule has 0 atom stereocenters. The number of hydrogen-bond donors (Lipinski definition) is 0. The minimum atomic E-state index is 1.00. The highest BCUT2D eigenvalue weighted by Gasteiger charge is 2.12. The van der Waals surface area contributed by atoms with E-state index in [1.807, 2.05) is 0 Å².